The topological polar surface area (TPSA) is 88.5 Å². The van der Waals surface area contributed by atoms with Crippen molar-refractivity contribution in [1.29, 1.82) is 0 Å². The number of hydrogen-bond donors (Lipinski definition) is 2. The molecule has 4 aromatic rings. The normalized spacial score (nSPS) is 13.3. The van der Waals surface area contributed by atoms with E-state index in [4.69, 9.17) is 8.94 Å². The van der Waals surface area contributed by atoms with Crippen LogP contribution in [-0.2, 0) is 11.2 Å². The standard InChI is InChI=1S/C29H34N2O4/c1-17(2)6-12-24(22-10-7-18(3)8-11-22)30-27(32)15-21-9-13-25-23(14-21)16-26(34-25)29(33)28-19(4)31-35-20(28)5/h7-11,13-14,16-17,24,29,33H,6,12,15H2,1-5H3,(H,30,32). The van der Waals surface area contributed by atoms with Gasteiger partial charge in [0.05, 0.1) is 23.7 Å². The molecule has 2 N–H and O–H groups in total. The first-order valence-electron chi connectivity index (χ1n) is 12.2. The SMILES string of the molecule is Cc1ccc(C(CCC(C)C)NC(=O)Cc2ccc3oc(C(O)c4c(C)noc4C)cc3c2)cc1. The summed E-state index contributed by atoms with van der Waals surface area (Å²) in [5.41, 5.74) is 5.13. The second kappa shape index (κ2) is 10.5. The monoisotopic (exact) mass is 474 g/mol. The van der Waals surface area contributed by atoms with Crippen LogP contribution in [-0.4, -0.2) is 16.2 Å². The number of hydrogen-bond acceptors (Lipinski definition) is 5. The summed E-state index contributed by atoms with van der Waals surface area (Å²) in [5, 5.41) is 18.8. The van der Waals surface area contributed by atoms with Crippen LogP contribution >= 0.6 is 0 Å². The maximum Gasteiger partial charge on any atom is 0.224 e. The van der Waals surface area contributed by atoms with Gasteiger partial charge in [0.1, 0.15) is 23.2 Å². The second-order valence-electron chi connectivity index (χ2n) is 9.84. The molecule has 0 aliphatic rings. The Bertz CT molecular complexity index is 1280. The third kappa shape index (κ3) is 5.82. The molecular formula is C29H34N2O4. The lowest BCUT2D eigenvalue weighted by Crippen LogP contribution is -2.30. The highest BCUT2D eigenvalue weighted by Crippen LogP contribution is 2.32. The number of fused-ring (bicyclic) bond motifs is 1. The van der Waals surface area contributed by atoms with E-state index in [0.717, 1.165) is 29.4 Å². The van der Waals surface area contributed by atoms with Crippen LogP contribution < -0.4 is 5.32 Å². The molecule has 6 nitrogen and oxygen atoms in total. The molecule has 0 aliphatic carbocycles. The Hall–Kier alpha value is -3.38. The molecule has 2 aromatic carbocycles. The molecule has 2 heterocycles. The summed E-state index contributed by atoms with van der Waals surface area (Å²) in [6, 6.07) is 15.9. The van der Waals surface area contributed by atoms with Gasteiger partial charge in [-0.15, -0.1) is 0 Å². The van der Waals surface area contributed by atoms with E-state index in [2.05, 4.69) is 55.5 Å². The number of nitrogens with one attached hydrogen (secondary N) is 1. The predicted molar refractivity (Wildman–Crippen MR) is 136 cm³/mol. The van der Waals surface area contributed by atoms with Gasteiger partial charge in [0.2, 0.25) is 5.91 Å². The Morgan fingerprint density at radius 1 is 1.03 bits per heavy atom. The molecule has 6 heteroatoms. The molecule has 0 bridgehead atoms. The van der Waals surface area contributed by atoms with Crippen LogP contribution in [0, 0.1) is 26.7 Å². The number of aliphatic hydroxyl groups excluding tert-OH is 1. The number of aliphatic hydroxyl groups is 1. The van der Waals surface area contributed by atoms with Gasteiger partial charge in [-0.2, -0.15) is 0 Å². The maximum absolute atomic E-state index is 13.0. The van der Waals surface area contributed by atoms with Crippen molar-refractivity contribution in [1.82, 2.24) is 10.5 Å². The highest BCUT2D eigenvalue weighted by molar-refractivity contribution is 5.83. The van der Waals surface area contributed by atoms with E-state index in [-0.39, 0.29) is 18.4 Å². The Morgan fingerprint density at radius 3 is 2.43 bits per heavy atom. The van der Waals surface area contributed by atoms with Crippen molar-refractivity contribution in [2.24, 2.45) is 5.92 Å². The van der Waals surface area contributed by atoms with E-state index in [1.165, 1.54) is 5.56 Å². The second-order valence-corrected chi connectivity index (χ2v) is 9.84. The van der Waals surface area contributed by atoms with Crippen molar-refractivity contribution in [3.8, 4) is 0 Å². The number of amides is 1. The molecule has 0 radical (unpaired) electrons. The minimum atomic E-state index is -0.961. The van der Waals surface area contributed by atoms with E-state index in [0.29, 0.717) is 34.3 Å². The molecule has 35 heavy (non-hydrogen) atoms. The van der Waals surface area contributed by atoms with Gasteiger partial charge < -0.3 is 19.4 Å². The molecule has 184 valence electrons. The van der Waals surface area contributed by atoms with E-state index in [9.17, 15) is 9.90 Å². The van der Waals surface area contributed by atoms with Gasteiger partial charge in [-0.1, -0.05) is 54.9 Å². The summed E-state index contributed by atoms with van der Waals surface area (Å²) in [6.07, 6.45) is 1.25. The van der Waals surface area contributed by atoms with Crippen LogP contribution in [0.15, 0.2) is 57.5 Å². The third-order valence-electron chi connectivity index (χ3n) is 6.44. The smallest absolute Gasteiger partial charge is 0.224 e. The Balaban J connectivity index is 1.49. The Morgan fingerprint density at radius 2 is 1.77 bits per heavy atom. The Kier molecular flexibility index (Phi) is 7.41. The van der Waals surface area contributed by atoms with E-state index in [1.807, 2.05) is 24.3 Å². The number of aryl methyl sites for hydroxylation is 3. The predicted octanol–water partition coefficient (Wildman–Crippen LogP) is 6.26. The highest BCUT2D eigenvalue weighted by Gasteiger charge is 2.23. The van der Waals surface area contributed by atoms with Crippen LogP contribution in [0.4, 0.5) is 0 Å². The largest absolute Gasteiger partial charge is 0.458 e. The van der Waals surface area contributed by atoms with Crippen molar-refractivity contribution in [2.45, 2.75) is 66.0 Å². The summed E-state index contributed by atoms with van der Waals surface area (Å²) in [6.45, 7) is 10.0. The number of furan rings is 1. The average Bonchev–Trinajstić information content (AvgIpc) is 3.39. The van der Waals surface area contributed by atoms with Gasteiger partial charge in [0.25, 0.3) is 0 Å². The first kappa shape index (κ1) is 24.7. The summed E-state index contributed by atoms with van der Waals surface area (Å²) in [7, 11) is 0. The van der Waals surface area contributed by atoms with Crippen molar-refractivity contribution in [3.05, 3.63) is 88.0 Å². The molecule has 0 fully saturated rings. The lowest BCUT2D eigenvalue weighted by atomic mass is 9.96. The zero-order chi connectivity index (χ0) is 25.1. The van der Waals surface area contributed by atoms with Crippen molar-refractivity contribution in [2.75, 3.05) is 0 Å². The van der Waals surface area contributed by atoms with Gasteiger partial charge in [0, 0.05) is 5.39 Å². The summed E-state index contributed by atoms with van der Waals surface area (Å²) < 4.78 is 11.1. The van der Waals surface area contributed by atoms with Gasteiger partial charge in [-0.05, 0) is 68.9 Å². The molecule has 1 amide bonds. The summed E-state index contributed by atoms with van der Waals surface area (Å²) >= 11 is 0. The van der Waals surface area contributed by atoms with Crippen LogP contribution in [0.1, 0.15) is 78.3 Å². The molecule has 2 aromatic heterocycles. The molecular weight excluding hydrogens is 440 g/mol. The molecule has 0 spiro atoms. The zero-order valence-electron chi connectivity index (χ0n) is 21.1. The number of carbonyl (C=O) groups excluding carboxylic acids is 1. The Labute approximate surface area is 206 Å². The fourth-order valence-corrected chi connectivity index (χ4v) is 4.43. The molecule has 0 saturated carbocycles. The van der Waals surface area contributed by atoms with E-state index in [1.54, 1.807) is 13.8 Å². The van der Waals surface area contributed by atoms with Gasteiger partial charge in [0.15, 0.2) is 0 Å². The van der Waals surface area contributed by atoms with E-state index >= 15 is 0 Å². The van der Waals surface area contributed by atoms with Gasteiger partial charge in [-0.25, -0.2) is 0 Å². The maximum atomic E-state index is 13.0. The minimum Gasteiger partial charge on any atom is -0.458 e. The fraction of sp³-hybridized carbons (Fsp3) is 0.379. The number of benzene rings is 2. The number of rotatable bonds is 9. The number of aromatic nitrogens is 1. The third-order valence-corrected chi connectivity index (χ3v) is 6.44. The van der Waals surface area contributed by atoms with Crippen molar-refractivity contribution < 1.29 is 18.8 Å². The lowest BCUT2D eigenvalue weighted by Gasteiger charge is -2.20. The number of carbonyl (C=O) groups is 1. The van der Waals surface area contributed by atoms with Crippen LogP contribution in [0.2, 0.25) is 0 Å². The van der Waals surface area contributed by atoms with Crippen molar-refractivity contribution in [3.63, 3.8) is 0 Å². The van der Waals surface area contributed by atoms with Crippen LogP contribution in [0.25, 0.3) is 11.0 Å². The van der Waals surface area contributed by atoms with Crippen molar-refractivity contribution >= 4 is 16.9 Å². The highest BCUT2D eigenvalue weighted by atomic mass is 16.5. The van der Waals surface area contributed by atoms with Gasteiger partial charge >= 0.3 is 0 Å². The lowest BCUT2D eigenvalue weighted by molar-refractivity contribution is -0.121. The van der Waals surface area contributed by atoms with Gasteiger partial charge in [-0.3, -0.25) is 4.79 Å². The molecule has 2 unspecified atom stereocenters. The summed E-state index contributed by atoms with van der Waals surface area (Å²) in [5.74, 6) is 1.54. The molecule has 2 atom stereocenters. The summed E-state index contributed by atoms with van der Waals surface area (Å²) in [4.78, 5) is 13.0. The zero-order valence-corrected chi connectivity index (χ0v) is 21.1. The first-order chi connectivity index (χ1) is 16.7. The van der Waals surface area contributed by atoms with E-state index < -0.39 is 6.10 Å². The molecule has 0 aliphatic heterocycles. The first-order valence-corrected chi connectivity index (χ1v) is 12.2. The molecule has 0 saturated heterocycles. The van der Waals surface area contributed by atoms with Crippen LogP contribution in [0.5, 0.6) is 0 Å². The molecule has 4 rings (SSSR count). The number of nitrogens with zero attached hydrogens (tertiary/aromatic N) is 1. The average molecular weight is 475 g/mol. The fourth-order valence-electron chi connectivity index (χ4n) is 4.43. The van der Waals surface area contributed by atoms with Crippen LogP contribution in [0.3, 0.4) is 0 Å². The quantitative estimate of drug-likeness (QED) is 0.299. The minimum absolute atomic E-state index is 0.0139.